The first-order chi connectivity index (χ1) is 21.5. The monoisotopic (exact) mass is 665 g/mol. The van der Waals surface area contributed by atoms with Gasteiger partial charge in [-0.2, -0.15) is 0 Å². The van der Waals surface area contributed by atoms with Gasteiger partial charge in [0, 0.05) is 19.0 Å². The third-order valence-electron chi connectivity index (χ3n) is 7.55. The number of carbonyl (C=O) groups is 2. The number of hydrogen-bond acceptors (Lipinski definition) is 4. The molecule has 0 radical (unpaired) electrons. The lowest BCUT2D eigenvalue weighted by atomic mass is 10.0. The van der Waals surface area contributed by atoms with Crippen molar-refractivity contribution in [1.29, 1.82) is 0 Å². The number of aryl methyl sites for hydroxylation is 1. The minimum Gasteiger partial charge on any atom is -0.352 e. The summed E-state index contributed by atoms with van der Waals surface area (Å²) in [5, 5.41) is 3.42. The summed E-state index contributed by atoms with van der Waals surface area (Å²) in [6.45, 7) is 5.24. The van der Waals surface area contributed by atoms with E-state index in [9.17, 15) is 18.0 Å². The third kappa shape index (κ3) is 8.87. The van der Waals surface area contributed by atoms with Gasteiger partial charge >= 0.3 is 0 Å². The van der Waals surface area contributed by atoms with Gasteiger partial charge in [-0.15, -0.1) is 0 Å². The number of benzene rings is 4. The molecule has 0 aromatic heterocycles. The van der Waals surface area contributed by atoms with Gasteiger partial charge in [-0.05, 0) is 61.7 Å². The predicted octanol–water partition coefficient (Wildman–Crippen LogP) is 7.05. The maximum atomic E-state index is 14.5. The number of halogens is 2. The van der Waals surface area contributed by atoms with E-state index in [2.05, 4.69) is 5.32 Å². The quantitative estimate of drug-likeness (QED) is 0.166. The van der Waals surface area contributed by atoms with Gasteiger partial charge in [0.15, 0.2) is 0 Å². The number of rotatable bonds is 13. The van der Waals surface area contributed by atoms with E-state index >= 15 is 0 Å². The molecule has 2 atom stereocenters. The summed E-state index contributed by atoms with van der Waals surface area (Å²) < 4.78 is 29.3. The summed E-state index contributed by atoms with van der Waals surface area (Å²) in [6.07, 6.45) is 0.940. The summed E-state index contributed by atoms with van der Waals surface area (Å²) in [4.78, 5) is 29.8. The number of anilines is 1. The Hall–Kier alpha value is -3.85. The van der Waals surface area contributed by atoms with Gasteiger partial charge in [0.2, 0.25) is 11.8 Å². The van der Waals surface area contributed by atoms with Crippen molar-refractivity contribution in [3.63, 3.8) is 0 Å². The summed E-state index contributed by atoms with van der Waals surface area (Å²) in [5.41, 5.74) is 2.71. The van der Waals surface area contributed by atoms with E-state index < -0.39 is 28.5 Å². The summed E-state index contributed by atoms with van der Waals surface area (Å²) >= 11 is 12.5. The lowest BCUT2D eigenvalue weighted by molar-refractivity contribution is -0.140. The molecule has 0 bridgehead atoms. The predicted molar refractivity (Wildman–Crippen MR) is 181 cm³/mol. The maximum absolute atomic E-state index is 14.5. The fourth-order valence-corrected chi connectivity index (χ4v) is 6.48. The van der Waals surface area contributed by atoms with Gasteiger partial charge in [-0.1, -0.05) is 108 Å². The van der Waals surface area contributed by atoms with Crippen LogP contribution in [0.4, 0.5) is 5.69 Å². The van der Waals surface area contributed by atoms with E-state index in [0.29, 0.717) is 6.42 Å². The number of sulfonamides is 1. The van der Waals surface area contributed by atoms with Crippen LogP contribution in [0.25, 0.3) is 0 Å². The van der Waals surface area contributed by atoms with Gasteiger partial charge in [-0.25, -0.2) is 8.42 Å². The Labute approximate surface area is 275 Å². The Morgan fingerprint density at radius 1 is 0.822 bits per heavy atom. The minimum absolute atomic E-state index is 0.0110. The second kappa shape index (κ2) is 15.4. The molecule has 10 heteroatoms. The van der Waals surface area contributed by atoms with Crippen molar-refractivity contribution < 1.29 is 18.0 Å². The topological polar surface area (TPSA) is 86.8 Å². The highest BCUT2D eigenvalue weighted by atomic mass is 35.5. The van der Waals surface area contributed by atoms with Crippen LogP contribution in [-0.4, -0.2) is 43.8 Å². The zero-order valence-corrected chi connectivity index (χ0v) is 27.8. The smallest absolute Gasteiger partial charge is 0.264 e. The highest BCUT2D eigenvalue weighted by Crippen LogP contribution is 2.31. The Morgan fingerprint density at radius 3 is 2.00 bits per heavy atom. The molecule has 0 spiro atoms. The minimum atomic E-state index is -4.25. The second-order valence-electron chi connectivity index (χ2n) is 11.0. The maximum Gasteiger partial charge on any atom is 0.264 e. The van der Waals surface area contributed by atoms with Crippen LogP contribution in [0.3, 0.4) is 0 Å². The number of carbonyl (C=O) groups excluding carboxylic acids is 2. The molecule has 4 aromatic carbocycles. The van der Waals surface area contributed by atoms with E-state index in [-0.39, 0.29) is 45.5 Å². The van der Waals surface area contributed by atoms with Gasteiger partial charge in [-0.3, -0.25) is 13.9 Å². The standard InChI is InChI=1S/C35H37Cl2N3O4S/c1-4-26(3)38-35(42)33(21-27-11-7-5-8-12-27)39(23-28-13-9-6-10-14-28)34(41)24-40(29-17-20-31(36)32(37)22-29)45(43,44)30-18-15-25(2)16-19-30/h5-20,22,26,33H,4,21,23-24H2,1-3H3,(H,38,42)/t26-,33-/m0/s1. The third-order valence-corrected chi connectivity index (χ3v) is 10.1. The number of amides is 2. The Balaban J connectivity index is 1.81. The number of nitrogens with one attached hydrogen (secondary N) is 1. The molecule has 0 unspecified atom stereocenters. The lowest BCUT2D eigenvalue weighted by Crippen LogP contribution is -2.54. The van der Waals surface area contributed by atoms with Gasteiger partial charge in [0.05, 0.1) is 20.6 Å². The van der Waals surface area contributed by atoms with Crippen LogP contribution in [-0.2, 0) is 32.6 Å². The molecule has 1 N–H and O–H groups in total. The van der Waals surface area contributed by atoms with Crippen LogP contribution in [0.1, 0.15) is 37.0 Å². The SMILES string of the molecule is CC[C@H](C)NC(=O)[C@H](Cc1ccccc1)N(Cc1ccccc1)C(=O)CN(c1ccc(Cl)c(Cl)c1)S(=O)(=O)c1ccc(C)cc1. The van der Waals surface area contributed by atoms with Crippen molar-refractivity contribution in [3.8, 4) is 0 Å². The summed E-state index contributed by atoms with van der Waals surface area (Å²) in [6, 6.07) is 28.5. The fourth-order valence-electron chi connectivity index (χ4n) is 4.78. The first-order valence-electron chi connectivity index (χ1n) is 14.7. The Morgan fingerprint density at radius 2 is 1.42 bits per heavy atom. The first-order valence-corrected chi connectivity index (χ1v) is 16.9. The second-order valence-corrected chi connectivity index (χ2v) is 13.6. The van der Waals surface area contributed by atoms with Crippen LogP contribution < -0.4 is 9.62 Å². The van der Waals surface area contributed by atoms with Crippen molar-refractivity contribution in [2.45, 2.75) is 57.1 Å². The average Bonchev–Trinajstić information content (AvgIpc) is 3.03. The van der Waals surface area contributed by atoms with Gasteiger partial charge in [0.25, 0.3) is 10.0 Å². The molecule has 236 valence electrons. The molecular formula is C35H37Cl2N3O4S. The normalized spacial score (nSPS) is 12.6. The Kier molecular flexibility index (Phi) is 11.7. The molecule has 2 amide bonds. The molecule has 0 saturated heterocycles. The average molecular weight is 667 g/mol. The molecule has 0 fully saturated rings. The van der Waals surface area contributed by atoms with Crippen LogP contribution in [0.2, 0.25) is 10.0 Å². The van der Waals surface area contributed by atoms with E-state index in [1.807, 2.05) is 81.4 Å². The fraction of sp³-hybridized carbons (Fsp3) is 0.257. The molecule has 0 aliphatic rings. The van der Waals surface area contributed by atoms with E-state index in [4.69, 9.17) is 23.2 Å². The van der Waals surface area contributed by atoms with Gasteiger partial charge < -0.3 is 10.2 Å². The van der Waals surface area contributed by atoms with Crippen LogP contribution >= 0.6 is 23.2 Å². The molecule has 4 rings (SSSR count). The van der Waals surface area contributed by atoms with E-state index in [1.54, 1.807) is 12.1 Å². The van der Waals surface area contributed by atoms with Gasteiger partial charge in [0.1, 0.15) is 12.6 Å². The van der Waals surface area contributed by atoms with E-state index in [0.717, 1.165) is 21.0 Å². The number of nitrogens with zero attached hydrogens (tertiary/aromatic N) is 2. The van der Waals surface area contributed by atoms with Crippen molar-refractivity contribution >= 4 is 50.7 Å². The summed E-state index contributed by atoms with van der Waals surface area (Å²) in [5.74, 6) is -0.874. The molecule has 4 aromatic rings. The zero-order chi connectivity index (χ0) is 32.6. The highest BCUT2D eigenvalue weighted by Gasteiger charge is 2.35. The Bertz CT molecular complexity index is 1700. The zero-order valence-electron chi connectivity index (χ0n) is 25.5. The first kappa shape index (κ1) is 34.0. The van der Waals surface area contributed by atoms with E-state index in [1.165, 1.54) is 35.2 Å². The molecular weight excluding hydrogens is 629 g/mol. The largest absolute Gasteiger partial charge is 0.352 e. The van der Waals surface area contributed by atoms with Crippen molar-refractivity contribution in [2.24, 2.45) is 0 Å². The van der Waals surface area contributed by atoms with Crippen LogP contribution in [0.5, 0.6) is 0 Å². The van der Waals surface area contributed by atoms with Crippen LogP contribution in [0.15, 0.2) is 108 Å². The van der Waals surface area contributed by atoms with Crippen molar-refractivity contribution in [3.05, 3.63) is 130 Å². The molecule has 7 nitrogen and oxygen atoms in total. The number of hydrogen-bond donors (Lipinski definition) is 1. The molecule has 0 aliphatic carbocycles. The molecule has 0 aliphatic heterocycles. The van der Waals surface area contributed by atoms with Crippen LogP contribution in [0, 0.1) is 6.92 Å². The highest BCUT2D eigenvalue weighted by molar-refractivity contribution is 7.92. The molecule has 0 heterocycles. The summed E-state index contributed by atoms with van der Waals surface area (Å²) in [7, 11) is -4.25. The molecule has 45 heavy (non-hydrogen) atoms. The van der Waals surface area contributed by atoms with Crippen molar-refractivity contribution in [1.82, 2.24) is 10.2 Å². The van der Waals surface area contributed by atoms with Crippen molar-refractivity contribution in [2.75, 3.05) is 10.8 Å². The molecule has 0 saturated carbocycles. The lowest BCUT2D eigenvalue weighted by Gasteiger charge is -2.34.